The Morgan fingerprint density at radius 1 is 0.488 bits per heavy atom. The highest BCUT2D eigenvalue weighted by Crippen LogP contribution is 2.64. The lowest BCUT2D eigenvalue weighted by atomic mass is 9.87. The molecule has 0 N–H and O–H groups in total. The highest BCUT2D eigenvalue weighted by Gasteiger charge is 2.95. The number of hydrogen-bond donors (Lipinski definition) is 0. The minimum atomic E-state index is -8.69. The van der Waals surface area contributed by atoms with Gasteiger partial charge in [-0.3, -0.25) is 0 Å². The largest absolute Gasteiger partial charge is 0.460 e. The summed E-state index contributed by atoms with van der Waals surface area (Å²) in [6.07, 6.45) is -12.0. The lowest BCUT2D eigenvalue weighted by Crippen LogP contribution is -2.74. The predicted molar refractivity (Wildman–Crippen MR) is 102 cm³/mol. The first-order valence-electron chi connectivity index (χ1n) is 10.9. The lowest BCUT2D eigenvalue weighted by Gasteiger charge is -2.42. The Hall–Kier alpha value is -2.15. The molecule has 0 heterocycles. The number of benzene rings is 1. The number of alkyl halides is 19. The third kappa shape index (κ3) is 5.64. The van der Waals surface area contributed by atoms with E-state index in [1.165, 1.54) is 13.8 Å². The van der Waals surface area contributed by atoms with Gasteiger partial charge in [-0.1, -0.05) is 38.1 Å². The van der Waals surface area contributed by atoms with Crippen LogP contribution >= 0.6 is 0 Å². The Kier molecular flexibility index (Phi) is 9.75. The predicted octanol–water partition coefficient (Wildman–Crippen LogP) is 9.02. The summed E-state index contributed by atoms with van der Waals surface area (Å²) in [5.41, 5.74) is -1.39. The van der Waals surface area contributed by atoms with Gasteiger partial charge in [0.05, 0.1) is 0 Å². The third-order valence-electron chi connectivity index (χ3n) is 5.98. The normalized spacial score (nSPS) is 15.6. The van der Waals surface area contributed by atoms with Crippen LogP contribution in [0.15, 0.2) is 24.3 Å². The van der Waals surface area contributed by atoms with E-state index in [2.05, 4.69) is 0 Å². The van der Waals surface area contributed by atoms with Crippen molar-refractivity contribution in [2.45, 2.75) is 80.4 Å². The molecular weight excluding hydrogens is 627 g/mol. The molecule has 0 aromatic heterocycles. The summed E-state index contributed by atoms with van der Waals surface area (Å²) in [4.78, 5) is 0.614. The number of hydrogen-bond acceptors (Lipinski definition) is 1. The molecule has 0 saturated carbocycles. The minimum Gasteiger partial charge on any atom is -0.241 e. The van der Waals surface area contributed by atoms with Gasteiger partial charge in [0.2, 0.25) is 0 Å². The highest BCUT2D eigenvalue weighted by molar-refractivity contribution is 5.26. The van der Waals surface area contributed by atoms with Crippen molar-refractivity contribution in [2.24, 2.45) is 0 Å². The molecular formula is C21H18F19N. The summed E-state index contributed by atoms with van der Waals surface area (Å²) in [5, 5.41) is 0. The summed E-state index contributed by atoms with van der Waals surface area (Å²) in [5.74, 6) is -56.8. The van der Waals surface area contributed by atoms with Crippen molar-refractivity contribution in [3.8, 4) is 0 Å². The smallest absolute Gasteiger partial charge is 0.241 e. The van der Waals surface area contributed by atoms with Gasteiger partial charge in [0, 0.05) is 25.1 Å². The van der Waals surface area contributed by atoms with Crippen molar-refractivity contribution in [1.82, 2.24) is 4.90 Å². The molecule has 1 rings (SSSR count). The van der Waals surface area contributed by atoms with Gasteiger partial charge in [0.1, 0.15) is 0 Å². The van der Waals surface area contributed by atoms with E-state index < -0.39 is 77.6 Å². The maximum Gasteiger partial charge on any atom is 0.460 e. The molecule has 0 unspecified atom stereocenters. The van der Waals surface area contributed by atoms with Crippen molar-refractivity contribution >= 4 is 0 Å². The SMILES string of the molecule is CCN(CC)C(F)(F)c1ccc(CCC(F)(F)C(F)(F)C(F)(F)C(F)(F)C(F)(F)C(F)(F)C(F)(F)C(F)(F)F)cc1. The van der Waals surface area contributed by atoms with Gasteiger partial charge in [-0.15, -0.1) is 0 Å². The monoisotopic (exact) mass is 645 g/mol. The van der Waals surface area contributed by atoms with E-state index in [0.717, 1.165) is 0 Å². The first-order valence-corrected chi connectivity index (χ1v) is 10.9. The molecule has 41 heavy (non-hydrogen) atoms. The zero-order chi connectivity index (χ0) is 32.9. The molecule has 0 spiro atoms. The minimum absolute atomic E-state index is 0.190. The van der Waals surface area contributed by atoms with Crippen molar-refractivity contribution in [2.75, 3.05) is 13.1 Å². The van der Waals surface area contributed by atoms with E-state index in [1.807, 2.05) is 0 Å². The van der Waals surface area contributed by atoms with E-state index >= 15 is 0 Å². The molecule has 1 aromatic rings. The zero-order valence-electron chi connectivity index (χ0n) is 20.3. The van der Waals surface area contributed by atoms with Crippen LogP contribution in [0.25, 0.3) is 0 Å². The van der Waals surface area contributed by atoms with Gasteiger partial charge in [-0.2, -0.15) is 83.4 Å². The number of halogens is 19. The summed E-state index contributed by atoms with van der Waals surface area (Å²) in [7, 11) is 0. The summed E-state index contributed by atoms with van der Waals surface area (Å²) < 4.78 is 255. The topological polar surface area (TPSA) is 3.24 Å². The molecule has 0 aliphatic carbocycles. The van der Waals surface area contributed by atoms with Gasteiger partial charge >= 0.3 is 53.7 Å². The lowest BCUT2D eigenvalue weighted by molar-refractivity contribution is -0.461. The first kappa shape index (κ1) is 36.9. The Morgan fingerprint density at radius 2 is 0.829 bits per heavy atom. The third-order valence-corrected chi connectivity index (χ3v) is 5.98. The van der Waals surface area contributed by atoms with Crippen LogP contribution in [0.3, 0.4) is 0 Å². The van der Waals surface area contributed by atoms with Crippen LogP contribution in [0.5, 0.6) is 0 Å². The maximum absolute atomic E-state index is 14.4. The van der Waals surface area contributed by atoms with Crippen LogP contribution in [-0.4, -0.2) is 65.6 Å². The fourth-order valence-corrected chi connectivity index (χ4v) is 3.33. The molecule has 0 amide bonds. The highest BCUT2D eigenvalue weighted by atomic mass is 19.4. The zero-order valence-corrected chi connectivity index (χ0v) is 20.3. The van der Waals surface area contributed by atoms with Crippen LogP contribution in [0.4, 0.5) is 83.4 Å². The van der Waals surface area contributed by atoms with Crippen molar-refractivity contribution in [3.05, 3.63) is 35.4 Å². The number of rotatable bonds is 13. The summed E-state index contributed by atoms with van der Waals surface area (Å²) >= 11 is 0. The second-order valence-corrected chi connectivity index (χ2v) is 8.56. The molecule has 1 nitrogen and oxygen atoms in total. The Labute approximate surface area is 218 Å². The van der Waals surface area contributed by atoms with Crippen LogP contribution in [0.1, 0.15) is 31.4 Å². The molecule has 20 heteroatoms. The van der Waals surface area contributed by atoms with Crippen LogP contribution in [0.2, 0.25) is 0 Å². The van der Waals surface area contributed by atoms with Crippen LogP contribution < -0.4 is 0 Å². The van der Waals surface area contributed by atoms with Gasteiger partial charge in [0.25, 0.3) is 0 Å². The second kappa shape index (κ2) is 10.8. The first-order chi connectivity index (χ1) is 18.0. The van der Waals surface area contributed by atoms with Gasteiger partial charge < -0.3 is 0 Å². The van der Waals surface area contributed by atoms with Crippen molar-refractivity contribution in [3.63, 3.8) is 0 Å². The molecule has 0 saturated heterocycles. The fraction of sp³-hybridized carbons (Fsp3) is 0.714. The van der Waals surface area contributed by atoms with Crippen molar-refractivity contribution < 1.29 is 83.4 Å². The van der Waals surface area contributed by atoms with Crippen LogP contribution in [-0.2, 0) is 12.5 Å². The van der Waals surface area contributed by atoms with Crippen LogP contribution in [0, 0.1) is 0 Å². The Bertz CT molecular complexity index is 1020. The quantitative estimate of drug-likeness (QED) is 0.153. The van der Waals surface area contributed by atoms with Crippen molar-refractivity contribution in [1.29, 1.82) is 0 Å². The number of aryl methyl sites for hydroxylation is 1. The molecule has 0 aliphatic heterocycles. The molecule has 0 fully saturated rings. The van der Waals surface area contributed by atoms with Gasteiger partial charge in [-0.25, -0.2) is 4.90 Å². The fourth-order valence-electron chi connectivity index (χ4n) is 3.33. The molecule has 0 bridgehead atoms. The summed E-state index contributed by atoms with van der Waals surface area (Å²) in [6, 6.07) is -1.32. The average Bonchev–Trinajstić information content (AvgIpc) is 2.82. The second-order valence-electron chi connectivity index (χ2n) is 8.56. The number of nitrogens with zero attached hydrogens (tertiary/aromatic N) is 1. The molecule has 240 valence electrons. The summed E-state index contributed by atoms with van der Waals surface area (Å²) in [6.45, 7) is 2.30. The maximum atomic E-state index is 14.4. The van der Waals surface area contributed by atoms with E-state index in [1.54, 1.807) is 0 Å². The molecule has 1 aromatic carbocycles. The van der Waals surface area contributed by atoms with Gasteiger partial charge in [0.15, 0.2) is 0 Å². The molecule has 0 radical (unpaired) electrons. The average molecular weight is 645 g/mol. The van der Waals surface area contributed by atoms with E-state index in [0.29, 0.717) is 29.2 Å². The Balaban J connectivity index is 3.36. The molecule has 0 atom stereocenters. The van der Waals surface area contributed by atoms with Gasteiger partial charge in [-0.05, 0) is 12.0 Å². The van der Waals surface area contributed by atoms with E-state index in [-0.39, 0.29) is 13.1 Å². The Morgan fingerprint density at radius 3 is 1.17 bits per heavy atom. The van der Waals surface area contributed by atoms with E-state index in [9.17, 15) is 83.4 Å². The molecule has 0 aliphatic rings. The van der Waals surface area contributed by atoms with E-state index in [4.69, 9.17) is 0 Å². The standard InChI is InChI=1S/C21H18F19N/c1-3-41(4-2)14(24,25)12-7-5-11(6-8-12)9-10-13(22,23)15(26,27)16(28,29)17(30,31)18(32,33)19(34,35)20(36,37)21(38,39)40/h5-8H,3-4,9-10H2,1-2H3.